The van der Waals surface area contributed by atoms with Crippen molar-refractivity contribution in [3.05, 3.63) is 17.1 Å². The van der Waals surface area contributed by atoms with Crippen LogP contribution in [0.2, 0.25) is 0 Å². The van der Waals surface area contributed by atoms with Crippen molar-refractivity contribution in [2.45, 2.75) is 78.3 Å². The van der Waals surface area contributed by atoms with Crippen LogP contribution in [0.25, 0.3) is 0 Å². The second kappa shape index (κ2) is 9.73. The van der Waals surface area contributed by atoms with Gasteiger partial charge in [0, 0.05) is 12.1 Å². The molecule has 23 heavy (non-hydrogen) atoms. The van der Waals surface area contributed by atoms with Gasteiger partial charge in [0.1, 0.15) is 11.6 Å². The lowest BCUT2D eigenvalue weighted by molar-refractivity contribution is -0.141. The average molecular weight is 331 g/mol. The van der Waals surface area contributed by atoms with Crippen molar-refractivity contribution in [2.24, 2.45) is 0 Å². The molecule has 1 aromatic rings. The number of anilines is 1. The molecule has 0 atom stereocenters. The van der Waals surface area contributed by atoms with Gasteiger partial charge in [-0.05, 0) is 20.3 Å². The van der Waals surface area contributed by atoms with E-state index in [1.165, 1.54) is 52.4 Å². The van der Waals surface area contributed by atoms with Gasteiger partial charge in [-0.15, -0.1) is 0 Å². The molecule has 0 fully saturated rings. The van der Waals surface area contributed by atoms with Crippen LogP contribution in [0, 0.1) is 13.8 Å². The van der Waals surface area contributed by atoms with E-state index in [-0.39, 0.29) is 11.4 Å². The van der Waals surface area contributed by atoms with E-state index in [2.05, 4.69) is 22.2 Å². The summed E-state index contributed by atoms with van der Waals surface area (Å²) in [5, 5.41) is 3.03. The maximum absolute atomic E-state index is 12.9. The van der Waals surface area contributed by atoms with Gasteiger partial charge in [0.25, 0.3) is 0 Å². The second-order valence-electron chi connectivity index (χ2n) is 5.99. The lowest BCUT2D eigenvalue weighted by Crippen LogP contribution is -2.16. The number of nitrogens with one attached hydrogen (secondary N) is 1. The third-order valence-electron chi connectivity index (χ3n) is 3.85. The molecule has 6 heteroatoms. The van der Waals surface area contributed by atoms with Crippen LogP contribution in [0.15, 0.2) is 0 Å². The quantitative estimate of drug-likeness (QED) is 0.562. The molecule has 0 unspecified atom stereocenters. The van der Waals surface area contributed by atoms with E-state index < -0.39 is 11.9 Å². The highest BCUT2D eigenvalue weighted by molar-refractivity contribution is 5.46. The fourth-order valence-corrected chi connectivity index (χ4v) is 2.54. The van der Waals surface area contributed by atoms with Gasteiger partial charge in [-0.2, -0.15) is 13.2 Å². The summed E-state index contributed by atoms with van der Waals surface area (Å²) >= 11 is 0. The Morgan fingerprint density at radius 3 is 2.00 bits per heavy atom. The monoisotopic (exact) mass is 331 g/mol. The Morgan fingerprint density at radius 2 is 1.43 bits per heavy atom. The van der Waals surface area contributed by atoms with Crippen LogP contribution in [0.5, 0.6) is 0 Å². The minimum absolute atomic E-state index is 0.0719. The molecule has 0 saturated carbocycles. The first-order valence-corrected chi connectivity index (χ1v) is 8.52. The Kier molecular flexibility index (Phi) is 8.34. The largest absolute Gasteiger partial charge is 0.433 e. The molecule has 0 amide bonds. The standard InChI is InChI=1S/C17H28F3N3/c1-4-5-6-7-8-9-10-11-12-21-16-13(2)15(17(18,19)20)22-14(3)23-16/h4-12H2,1-3H3,(H,21,22,23). The van der Waals surface area contributed by atoms with Crippen LogP contribution < -0.4 is 5.32 Å². The van der Waals surface area contributed by atoms with Crippen LogP contribution >= 0.6 is 0 Å². The maximum Gasteiger partial charge on any atom is 0.433 e. The number of unbranched alkanes of at least 4 members (excludes halogenated alkanes) is 7. The molecule has 0 aromatic carbocycles. The minimum atomic E-state index is -4.44. The van der Waals surface area contributed by atoms with Crippen molar-refractivity contribution >= 4 is 5.82 Å². The number of aryl methyl sites for hydroxylation is 1. The van der Waals surface area contributed by atoms with Gasteiger partial charge in [-0.3, -0.25) is 0 Å². The van der Waals surface area contributed by atoms with Gasteiger partial charge >= 0.3 is 6.18 Å². The third kappa shape index (κ3) is 7.18. The van der Waals surface area contributed by atoms with Crippen LogP contribution in [-0.2, 0) is 6.18 Å². The van der Waals surface area contributed by atoms with Crippen LogP contribution in [0.3, 0.4) is 0 Å². The molecule has 132 valence electrons. The molecule has 1 heterocycles. The summed E-state index contributed by atoms with van der Waals surface area (Å²) in [4.78, 5) is 7.61. The highest BCUT2D eigenvalue weighted by Crippen LogP contribution is 2.32. The summed E-state index contributed by atoms with van der Waals surface area (Å²) in [6.45, 7) is 5.74. The van der Waals surface area contributed by atoms with Crippen LogP contribution in [-0.4, -0.2) is 16.5 Å². The van der Waals surface area contributed by atoms with E-state index in [1.54, 1.807) is 0 Å². The first-order chi connectivity index (χ1) is 10.9. The zero-order valence-electron chi connectivity index (χ0n) is 14.4. The Morgan fingerprint density at radius 1 is 0.870 bits per heavy atom. The predicted octanol–water partition coefficient (Wildman–Crippen LogP) is 5.66. The number of alkyl halides is 3. The Hall–Kier alpha value is -1.33. The van der Waals surface area contributed by atoms with E-state index in [9.17, 15) is 13.2 Å². The molecule has 0 saturated heterocycles. The van der Waals surface area contributed by atoms with E-state index >= 15 is 0 Å². The van der Waals surface area contributed by atoms with E-state index in [1.807, 2.05) is 0 Å². The van der Waals surface area contributed by atoms with Crippen LogP contribution in [0.4, 0.5) is 19.0 Å². The highest BCUT2D eigenvalue weighted by Gasteiger charge is 2.35. The summed E-state index contributed by atoms with van der Waals surface area (Å²) in [6.07, 6.45) is 5.15. The van der Waals surface area contributed by atoms with E-state index in [0.29, 0.717) is 12.4 Å². The van der Waals surface area contributed by atoms with Crippen molar-refractivity contribution in [1.82, 2.24) is 9.97 Å². The molecular weight excluding hydrogens is 303 g/mol. The van der Waals surface area contributed by atoms with Crippen LogP contribution in [0.1, 0.15) is 75.4 Å². The summed E-state index contributed by atoms with van der Waals surface area (Å²) in [7, 11) is 0. The summed E-state index contributed by atoms with van der Waals surface area (Å²) in [6, 6.07) is 0. The minimum Gasteiger partial charge on any atom is -0.370 e. The molecule has 0 radical (unpaired) electrons. The molecule has 0 aliphatic rings. The molecule has 1 N–H and O–H groups in total. The molecule has 0 spiro atoms. The van der Waals surface area contributed by atoms with Gasteiger partial charge < -0.3 is 5.32 Å². The number of aromatic nitrogens is 2. The van der Waals surface area contributed by atoms with Crippen molar-refractivity contribution in [3.63, 3.8) is 0 Å². The third-order valence-corrected chi connectivity index (χ3v) is 3.85. The molecular formula is C17H28F3N3. The lowest BCUT2D eigenvalue weighted by atomic mass is 10.1. The first kappa shape index (κ1) is 19.7. The zero-order valence-corrected chi connectivity index (χ0v) is 14.4. The van der Waals surface area contributed by atoms with Gasteiger partial charge in [-0.1, -0.05) is 51.9 Å². The first-order valence-electron chi connectivity index (χ1n) is 8.52. The van der Waals surface area contributed by atoms with Crippen molar-refractivity contribution in [3.8, 4) is 0 Å². The normalized spacial score (nSPS) is 11.7. The Balaban J connectivity index is 2.37. The number of nitrogens with zero attached hydrogens (tertiary/aromatic N) is 2. The fraction of sp³-hybridized carbons (Fsp3) is 0.765. The molecule has 3 nitrogen and oxygen atoms in total. The average Bonchev–Trinajstić information content (AvgIpc) is 2.47. The second-order valence-corrected chi connectivity index (χ2v) is 5.99. The Labute approximate surface area is 137 Å². The number of rotatable bonds is 10. The maximum atomic E-state index is 12.9. The van der Waals surface area contributed by atoms with E-state index in [4.69, 9.17) is 0 Å². The van der Waals surface area contributed by atoms with Crippen molar-refractivity contribution < 1.29 is 13.2 Å². The number of hydrogen-bond acceptors (Lipinski definition) is 3. The fourth-order valence-electron chi connectivity index (χ4n) is 2.54. The van der Waals surface area contributed by atoms with Crippen molar-refractivity contribution in [1.29, 1.82) is 0 Å². The van der Waals surface area contributed by atoms with E-state index in [0.717, 1.165) is 12.8 Å². The molecule has 0 aliphatic heterocycles. The Bertz CT molecular complexity index is 473. The number of halogens is 3. The zero-order chi connectivity index (χ0) is 17.3. The molecule has 0 aliphatic carbocycles. The SMILES string of the molecule is CCCCCCCCCCNc1nc(C)nc(C(F)(F)F)c1C. The summed E-state index contributed by atoms with van der Waals surface area (Å²) in [5.74, 6) is 0.439. The van der Waals surface area contributed by atoms with Gasteiger partial charge in [0.15, 0.2) is 5.69 Å². The summed E-state index contributed by atoms with van der Waals surface area (Å²) in [5.41, 5.74) is -0.772. The highest BCUT2D eigenvalue weighted by atomic mass is 19.4. The predicted molar refractivity (Wildman–Crippen MR) is 87.6 cm³/mol. The molecule has 1 rings (SSSR count). The van der Waals surface area contributed by atoms with Gasteiger partial charge in [-0.25, -0.2) is 9.97 Å². The van der Waals surface area contributed by atoms with Crippen molar-refractivity contribution in [2.75, 3.05) is 11.9 Å². The summed E-state index contributed by atoms with van der Waals surface area (Å²) < 4.78 is 38.7. The smallest absolute Gasteiger partial charge is 0.370 e. The lowest BCUT2D eigenvalue weighted by Gasteiger charge is -2.14. The molecule has 0 bridgehead atoms. The number of hydrogen-bond donors (Lipinski definition) is 1. The van der Waals surface area contributed by atoms with Gasteiger partial charge in [0.2, 0.25) is 0 Å². The van der Waals surface area contributed by atoms with Gasteiger partial charge in [0.05, 0.1) is 0 Å². The topological polar surface area (TPSA) is 37.8 Å². The molecule has 1 aromatic heterocycles.